The van der Waals surface area contributed by atoms with Crippen LogP contribution in [0.3, 0.4) is 0 Å². The number of anilines is 1. The van der Waals surface area contributed by atoms with Gasteiger partial charge in [0.25, 0.3) is 0 Å². The molecule has 0 aliphatic carbocycles. The molecular weight excluding hydrogens is 479 g/mol. The molecule has 7 nitrogen and oxygen atoms in total. The van der Waals surface area contributed by atoms with Crippen molar-refractivity contribution in [1.82, 2.24) is 14.5 Å². The number of pyridine rings is 2. The zero-order valence-corrected chi connectivity index (χ0v) is 18.2. The Kier molecular flexibility index (Phi) is 5.52. The lowest BCUT2D eigenvalue weighted by atomic mass is 10.1. The van der Waals surface area contributed by atoms with Gasteiger partial charge in [-0.2, -0.15) is 0 Å². The molecule has 0 spiro atoms. The number of carboxylic acid groups (broad SMARTS) is 1. The number of fused-ring (bicyclic) bond motifs is 1. The molecule has 0 radical (unpaired) electrons. The Bertz CT molecular complexity index is 1220. The Hall–Kier alpha value is -2.49. The summed E-state index contributed by atoms with van der Waals surface area (Å²) in [5, 5.41) is 9.43. The molecule has 30 heavy (non-hydrogen) atoms. The minimum atomic E-state index is -1.41. The van der Waals surface area contributed by atoms with E-state index in [-0.39, 0.29) is 21.6 Å². The predicted molar refractivity (Wildman–Crippen MR) is 117 cm³/mol. The molecule has 1 aliphatic heterocycles. The Labute approximate surface area is 184 Å². The van der Waals surface area contributed by atoms with E-state index in [4.69, 9.17) is 11.6 Å². The maximum atomic E-state index is 15.1. The molecule has 3 aromatic rings. The summed E-state index contributed by atoms with van der Waals surface area (Å²) in [5.74, 6) is -1.74. The smallest absolute Gasteiger partial charge is 0.341 e. The van der Waals surface area contributed by atoms with Gasteiger partial charge in [-0.25, -0.2) is 14.2 Å². The fraction of sp³-hybridized carbons (Fsp3) is 0.250. The molecule has 1 saturated heterocycles. The highest BCUT2D eigenvalue weighted by Gasteiger charge is 2.26. The second-order valence-corrected chi connectivity index (χ2v) is 8.30. The van der Waals surface area contributed by atoms with E-state index in [0.29, 0.717) is 23.4 Å². The summed E-state index contributed by atoms with van der Waals surface area (Å²) >= 11 is 10.1. The summed E-state index contributed by atoms with van der Waals surface area (Å²) in [4.78, 5) is 32.7. The van der Waals surface area contributed by atoms with Crippen LogP contribution in [-0.2, 0) is 0 Å². The van der Waals surface area contributed by atoms with Gasteiger partial charge in [-0.3, -0.25) is 9.36 Å². The number of hydrogen-bond donors (Lipinski definition) is 1. The molecule has 1 aromatic carbocycles. The lowest BCUT2D eigenvalue weighted by Crippen LogP contribution is -2.45. The van der Waals surface area contributed by atoms with Gasteiger partial charge in [-0.15, -0.1) is 0 Å². The quantitative estimate of drug-likeness (QED) is 0.600. The molecule has 10 heteroatoms. The monoisotopic (exact) mass is 494 g/mol. The molecule has 3 heterocycles. The first kappa shape index (κ1) is 20.8. The lowest BCUT2D eigenvalue weighted by Gasteiger charge is -2.35. The molecule has 2 aromatic heterocycles. The number of rotatable bonds is 3. The Morgan fingerprint density at radius 1 is 1.30 bits per heavy atom. The van der Waals surface area contributed by atoms with Crippen molar-refractivity contribution in [1.29, 1.82) is 0 Å². The van der Waals surface area contributed by atoms with E-state index in [1.165, 1.54) is 17.0 Å². The highest BCUT2D eigenvalue weighted by molar-refractivity contribution is 9.10. The Morgan fingerprint density at radius 2 is 2.00 bits per heavy atom. The summed E-state index contributed by atoms with van der Waals surface area (Å²) in [6.45, 7) is 2.63. The third-order valence-corrected chi connectivity index (χ3v) is 6.15. The number of benzene rings is 1. The van der Waals surface area contributed by atoms with Crippen LogP contribution >= 0.6 is 27.5 Å². The molecule has 156 valence electrons. The van der Waals surface area contributed by atoms with Crippen LogP contribution in [-0.4, -0.2) is 58.8 Å². The van der Waals surface area contributed by atoms with Crippen molar-refractivity contribution in [3.63, 3.8) is 0 Å². The normalized spacial score (nSPS) is 15.0. The topological polar surface area (TPSA) is 78.7 Å². The number of hydrogen-bond acceptors (Lipinski definition) is 5. The van der Waals surface area contributed by atoms with Crippen molar-refractivity contribution in [2.24, 2.45) is 0 Å². The molecule has 0 bridgehead atoms. The van der Waals surface area contributed by atoms with Crippen LogP contribution in [0.2, 0.25) is 5.02 Å². The fourth-order valence-electron chi connectivity index (χ4n) is 3.60. The summed E-state index contributed by atoms with van der Waals surface area (Å²) < 4.78 is 17.1. The maximum Gasteiger partial charge on any atom is 0.341 e. The van der Waals surface area contributed by atoms with Crippen LogP contribution in [0.25, 0.3) is 16.7 Å². The highest BCUT2D eigenvalue weighted by Crippen LogP contribution is 2.37. The van der Waals surface area contributed by atoms with Crippen LogP contribution in [0, 0.1) is 5.82 Å². The SMILES string of the molecule is CN1CCN(c2c(F)cc3c(=O)c(C(=O)O)cn(-c4ncccc4Br)c3c2Cl)CC1. The first-order chi connectivity index (χ1) is 14.3. The number of halogens is 3. The number of aromatic carboxylic acids is 1. The van der Waals surface area contributed by atoms with Gasteiger partial charge in [0.15, 0.2) is 5.82 Å². The molecule has 0 atom stereocenters. The van der Waals surface area contributed by atoms with Crippen molar-refractivity contribution < 1.29 is 14.3 Å². The number of carbonyl (C=O) groups is 1. The van der Waals surface area contributed by atoms with Crippen LogP contribution in [0.15, 0.2) is 39.9 Å². The number of piperazine rings is 1. The second kappa shape index (κ2) is 7.98. The van der Waals surface area contributed by atoms with E-state index in [9.17, 15) is 14.7 Å². The third kappa shape index (κ3) is 3.46. The van der Waals surface area contributed by atoms with Crippen LogP contribution in [0.4, 0.5) is 10.1 Å². The number of nitrogens with zero attached hydrogens (tertiary/aromatic N) is 4. The van der Waals surface area contributed by atoms with Crippen LogP contribution < -0.4 is 10.3 Å². The molecule has 1 aliphatic rings. The zero-order valence-electron chi connectivity index (χ0n) is 15.9. The summed E-state index contributed by atoms with van der Waals surface area (Å²) in [5.41, 5.74) is -0.892. The third-order valence-electron chi connectivity index (χ3n) is 5.17. The van der Waals surface area contributed by atoms with Crippen molar-refractivity contribution in [3.05, 3.63) is 61.7 Å². The van der Waals surface area contributed by atoms with Gasteiger partial charge in [0.1, 0.15) is 11.4 Å². The lowest BCUT2D eigenvalue weighted by molar-refractivity contribution is 0.0695. The van der Waals surface area contributed by atoms with E-state index in [2.05, 4.69) is 25.8 Å². The van der Waals surface area contributed by atoms with Gasteiger partial charge in [-0.1, -0.05) is 11.6 Å². The fourth-order valence-corrected chi connectivity index (χ4v) is 4.45. The van der Waals surface area contributed by atoms with Crippen molar-refractivity contribution in [3.8, 4) is 5.82 Å². The summed E-state index contributed by atoms with van der Waals surface area (Å²) in [6.07, 6.45) is 2.71. The average molecular weight is 496 g/mol. The van der Waals surface area contributed by atoms with E-state index < -0.39 is 22.8 Å². The molecular formula is C20H17BrClFN4O3. The highest BCUT2D eigenvalue weighted by atomic mass is 79.9. The predicted octanol–water partition coefficient (Wildman–Crippen LogP) is 3.39. The van der Waals surface area contributed by atoms with Gasteiger partial charge in [0.05, 0.1) is 26.1 Å². The largest absolute Gasteiger partial charge is 0.477 e. The van der Waals surface area contributed by atoms with Crippen LogP contribution in [0.5, 0.6) is 0 Å². The summed E-state index contributed by atoms with van der Waals surface area (Å²) in [7, 11) is 1.99. The van der Waals surface area contributed by atoms with Gasteiger partial charge in [-0.05, 0) is 41.2 Å². The Balaban J connectivity index is 2.07. The van der Waals surface area contributed by atoms with Crippen molar-refractivity contribution >= 4 is 50.1 Å². The molecule has 0 saturated carbocycles. The minimum absolute atomic E-state index is 0.0427. The second-order valence-electron chi connectivity index (χ2n) is 7.06. The van der Waals surface area contributed by atoms with E-state index >= 15 is 4.39 Å². The molecule has 1 N–H and O–H groups in total. The van der Waals surface area contributed by atoms with Crippen molar-refractivity contribution in [2.45, 2.75) is 0 Å². The van der Waals surface area contributed by atoms with Crippen molar-refractivity contribution in [2.75, 3.05) is 38.1 Å². The van der Waals surface area contributed by atoms with E-state index in [1.54, 1.807) is 12.1 Å². The molecule has 0 amide bonds. The first-order valence-electron chi connectivity index (χ1n) is 9.14. The Morgan fingerprint density at radius 3 is 2.63 bits per heavy atom. The first-order valence-corrected chi connectivity index (χ1v) is 10.3. The summed E-state index contributed by atoms with van der Waals surface area (Å²) in [6, 6.07) is 4.50. The number of likely N-dealkylation sites (N-methyl/N-ethyl adjacent to an activating group) is 1. The van der Waals surface area contributed by atoms with Gasteiger partial charge >= 0.3 is 5.97 Å². The van der Waals surface area contributed by atoms with Gasteiger partial charge < -0.3 is 14.9 Å². The van der Waals surface area contributed by atoms with Gasteiger partial charge in [0, 0.05) is 38.6 Å². The maximum absolute atomic E-state index is 15.1. The molecule has 4 rings (SSSR count). The minimum Gasteiger partial charge on any atom is -0.477 e. The number of aromatic nitrogens is 2. The van der Waals surface area contributed by atoms with Crippen LogP contribution in [0.1, 0.15) is 10.4 Å². The zero-order chi connectivity index (χ0) is 21.6. The number of carboxylic acids is 1. The average Bonchev–Trinajstić information content (AvgIpc) is 2.70. The molecule has 1 fully saturated rings. The van der Waals surface area contributed by atoms with Gasteiger partial charge in [0.2, 0.25) is 5.43 Å². The van der Waals surface area contributed by atoms with E-state index in [1.807, 2.05) is 11.9 Å². The van der Waals surface area contributed by atoms with E-state index in [0.717, 1.165) is 19.2 Å². The molecule has 0 unspecified atom stereocenters. The standard InChI is InChI=1S/C20H17BrClFN4O3/c1-25-5-7-26(8-6-25)17-14(23)9-11-16(15(17)22)27(10-12(18(11)28)20(29)30)19-13(21)3-2-4-24-19/h2-4,9-10H,5-8H2,1H3,(H,29,30).